The van der Waals surface area contributed by atoms with Crippen LogP contribution in [0.3, 0.4) is 0 Å². The molecule has 31 heavy (non-hydrogen) atoms. The van der Waals surface area contributed by atoms with E-state index in [0.717, 1.165) is 17.5 Å². The van der Waals surface area contributed by atoms with Crippen LogP contribution in [0.4, 0.5) is 0 Å². The average Bonchev–Trinajstić information content (AvgIpc) is 3.18. The molecule has 8 nitrogen and oxygen atoms in total. The number of nitrogens with zero attached hydrogens (tertiary/aromatic N) is 3. The minimum atomic E-state index is -4.02. The van der Waals surface area contributed by atoms with E-state index in [-0.39, 0.29) is 12.3 Å². The first kappa shape index (κ1) is 22.3. The second kappa shape index (κ2) is 8.54. The number of amides is 2. The van der Waals surface area contributed by atoms with Crippen molar-refractivity contribution in [3.63, 3.8) is 0 Å². The molecule has 0 spiro atoms. The Morgan fingerprint density at radius 1 is 1.16 bits per heavy atom. The summed E-state index contributed by atoms with van der Waals surface area (Å²) in [6.45, 7) is 2.26. The molecule has 0 aromatic heterocycles. The lowest BCUT2D eigenvalue weighted by molar-refractivity contribution is -0.151. The molecule has 1 aliphatic carbocycles. The van der Waals surface area contributed by atoms with E-state index in [0.29, 0.717) is 39.1 Å². The third-order valence-electron chi connectivity index (χ3n) is 6.14. The zero-order valence-corrected chi connectivity index (χ0v) is 18.7. The van der Waals surface area contributed by atoms with Crippen LogP contribution in [0, 0.1) is 0 Å². The Hall–Kier alpha value is -1.94. The molecule has 168 valence electrons. The summed E-state index contributed by atoms with van der Waals surface area (Å²) < 4.78 is 24.3. The third kappa shape index (κ3) is 4.37. The van der Waals surface area contributed by atoms with Gasteiger partial charge in [0.1, 0.15) is 6.10 Å². The Bertz CT molecular complexity index is 1010. The largest absolute Gasteiger partial charge is 0.382 e. The molecule has 10 heteroatoms. The third-order valence-corrected chi connectivity index (χ3v) is 9.17. The normalized spacial score (nSPS) is 25.5. The van der Waals surface area contributed by atoms with Crippen molar-refractivity contribution in [2.75, 3.05) is 38.5 Å². The van der Waals surface area contributed by atoms with E-state index in [4.69, 9.17) is 11.6 Å². The summed E-state index contributed by atoms with van der Waals surface area (Å²) in [6, 6.07) is 7.37. The molecule has 1 N–H and O–H groups in total. The molecule has 0 saturated carbocycles. The smallest absolute Gasteiger partial charge is 0.252 e. The SMILES string of the molecule is O=C([C@H](O)CS(=O)(=O)C1(Cl)C=Cc2ccccc2C1)N1CCN(N2CCCC2=O)CC1. The Morgan fingerprint density at radius 2 is 1.87 bits per heavy atom. The van der Waals surface area contributed by atoms with Crippen molar-refractivity contribution >= 4 is 39.3 Å². The minimum Gasteiger partial charge on any atom is -0.382 e. The number of sulfone groups is 1. The van der Waals surface area contributed by atoms with Crippen molar-refractivity contribution in [2.45, 2.75) is 29.6 Å². The number of benzene rings is 1. The number of alkyl halides is 1. The predicted molar refractivity (Wildman–Crippen MR) is 117 cm³/mol. The van der Waals surface area contributed by atoms with Crippen molar-refractivity contribution in [1.82, 2.24) is 14.9 Å². The summed E-state index contributed by atoms with van der Waals surface area (Å²) in [6.07, 6.45) is 2.84. The molecule has 2 heterocycles. The molecule has 1 aromatic carbocycles. The van der Waals surface area contributed by atoms with Gasteiger partial charge in [-0.3, -0.25) is 14.6 Å². The molecule has 1 unspecified atom stereocenters. The van der Waals surface area contributed by atoms with E-state index in [1.54, 1.807) is 11.1 Å². The maximum atomic E-state index is 13.0. The topological polar surface area (TPSA) is 98.2 Å². The Morgan fingerprint density at radius 3 is 2.55 bits per heavy atom. The van der Waals surface area contributed by atoms with Crippen LogP contribution in [-0.2, 0) is 25.8 Å². The lowest BCUT2D eigenvalue weighted by Crippen LogP contribution is -2.57. The first-order valence-electron chi connectivity index (χ1n) is 10.4. The van der Waals surface area contributed by atoms with Gasteiger partial charge in [-0.1, -0.05) is 41.9 Å². The molecule has 2 atom stereocenters. The highest BCUT2D eigenvalue weighted by Crippen LogP contribution is 2.36. The molecular weight excluding hydrogens is 442 g/mol. The van der Waals surface area contributed by atoms with Gasteiger partial charge in [0.05, 0.1) is 5.75 Å². The molecule has 3 aliphatic rings. The van der Waals surface area contributed by atoms with Crippen molar-refractivity contribution in [3.8, 4) is 0 Å². The van der Waals surface area contributed by atoms with Crippen LogP contribution >= 0.6 is 11.6 Å². The van der Waals surface area contributed by atoms with Crippen molar-refractivity contribution < 1.29 is 23.1 Å². The summed E-state index contributed by atoms with van der Waals surface area (Å²) in [5.74, 6) is -1.29. The number of rotatable bonds is 5. The number of carbonyl (C=O) groups is 2. The predicted octanol–water partition coefficient (Wildman–Crippen LogP) is 0.648. The number of hydrogen-bond donors (Lipinski definition) is 1. The first-order valence-corrected chi connectivity index (χ1v) is 12.4. The van der Waals surface area contributed by atoms with Crippen LogP contribution in [-0.4, -0.2) is 89.0 Å². The molecule has 0 radical (unpaired) electrons. The number of halogens is 1. The summed E-state index contributed by atoms with van der Waals surface area (Å²) in [5.41, 5.74) is 1.71. The van der Waals surface area contributed by atoms with Gasteiger partial charge in [0, 0.05) is 45.6 Å². The Balaban J connectivity index is 1.37. The van der Waals surface area contributed by atoms with E-state index in [2.05, 4.69) is 0 Å². The van der Waals surface area contributed by atoms with Crippen molar-refractivity contribution in [3.05, 3.63) is 41.5 Å². The van der Waals surface area contributed by atoms with Gasteiger partial charge in [-0.2, -0.15) is 0 Å². The van der Waals surface area contributed by atoms with Gasteiger partial charge in [0.25, 0.3) is 5.91 Å². The summed E-state index contributed by atoms with van der Waals surface area (Å²) in [4.78, 5) is 26.0. The van der Waals surface area contributed by atoms with Crippen LogP contribution < -0.4 is 0 Å². The minimum absolute atomic E-state index is 0.0764. The summed E-state index contributed by atoms with van der Waals surface area (Å²) in [7, 11) is -4.02. The monoisotopic (exact) mass is 467 g/mol. The average molecular weight is 468 g/mol. The van der Waals surface area contributed by atoms with Crippen molar-refractivity contribution in [1.29, 1.82) is 0 Å². The summed E-state index contributed by atoms with van der Waals surface area (Å²) >= 11 is 6.48. The van der Waals surface area contributed by atoms with Gasteiger partial charge in [-0.05, 0) is 23.6 Å². The summed E-state index contributed by atoms with van der Waals surface area (Å²) in [5, 5.41) is 14.1. The number of hydrogen-bond acceptors (Lipinski definition) is 6. The van der Waals surface area contributed by atoms with Gasteiger partial charge in [0.2, 0.25) is 5.91 Å². The van der Waals surface area contributed by atoms with E-state index >= 15 is 0 Å². The van der Waals surface area contributed by atoms with Gasteiger partial charge in [0.15, 0.2) is 14.0 Å². The zero-order valence-electron chi connectivity index (χ0n) is 17.1. The van der Waals surface area contributed by atoms with Crippen LogP contribution in [0.2, 0.25) is 0 Å². The number of fused-ring (bicyclic) bond motifs is 1. The van der Waals surface area contributed by atoms with E-state index in [1.165, 1.54) is 11.0 Å². The molecule has 2 aliphatic heterocycles. The highest BCUT2D eigenvalue weighted by molar-refractivity contribution is 7.94. The van der Waals surface area contributed by atoms with Crippen LogP contribution in [0.5, 0.6) is 0 Å². The van der Waals surface area contributed by atoms with Crippen LogP contribution in [0.15, 0.2) is 30.3 Å². The number of aliphatic hydroxyl groups is 1. The van der Waals surface area contributed by atoms with Gasteiger partial charge in [-0.15, -0.1) is 0 Å². The van der Waals surface area contributed by atoms with Gasteiger partial charge >= 0.3 is 0 Å². The van der Waals surface area contributed by atoms with E-state index in [9.17, 15) is 23.1 Å². The highest BCUT2D eigenvalue weighted by Gasteiger charge is 2.44. The maximum Gasteiger partial charge on any atom is 0.252 e. The quantitative estimate of drug-likeness (QED) is 0.638. The van der Waals surface area contributed by atoms with Gasteiger partial charge < -0.3 is 10.0 Å². The number of carbonyl (C=O) groups excluding carboxylic acids is 2. The second-order valence-corrected chi connectivity index (χ2v) is 11.4. The molecule has 2 amide bonds. The molecule has 4 rings (SSSR count). The molecule has 2 fully saturated rings. The molecular formula is C21H26ClN3O5S. The first-order chi connectivity index (χ1) is 14.7. The number of piperazine rings is 1. The Kier molecular flexibility index (Phi) is 6.13. The lowest BCUT2D eigenvalue weighted by atomic mass is 9.97. The standard InChI is InChI=1S/C21H26ClN3O5S/c22-21(8-7-16-4-1-2-5-17(16)14-21)31(29,30)15-18(26)20(28)23-10-12-24(13-11-23)25-9-3-6-19(25)27/h1-2,4-5,7-8,18,26H,3,6,9-15H2/t18-,21?/m1/s1. The number of aliphatic hydroxyl groups excluding tert-OH is 1. The molecule has 1 aromatic rings. The van der Waals surface area contributed by atoms with Crippen LogP contribution in [0.1, 0.15) is 24.0 Å². The fourth-order valence-corrected chi connectivity index (χ4v) is 6.21. The highest BCUT2D eigenvalue weighted by atomic mass is 35.5. The Labute approximate surface area is 186 Å². The fourth-order valence-electron chi connectivity index (χ4n) is 4.32. The van der Waals surface area contributed by atoms with E-state index in [1.807, 2.05) is 29.3 Å². The van der Waals surface area contributed by atoms with Gasteiger partial charge in [-0.25, -0.2) is 13.4 Å². The van der Waals surface area contributed by atoms with Crippen molar-refractivity contribution in [2.24, 2.45) is 0 Å². The lowest BCUT2D eigenvalue weighted by Gasteiger charge is -2.39. The second-order valence-electron chi connectivity index (χ2n) is 8.19. The molecule has 0 bridgehead atoms. The van der Waals surface area contributed by atoms with E-state index < -0.39 is 31.8 Å². The zero-order chi connectivity index (χ0) is 22.2. The fraction of sp³-hybridized carbons (Fsp3) is 0.524. The van der Waals surface area contributed by atoms with Crippen LogP contribution in [0.25, 0.3) is 6.08 Å². The number of hydrazine groups is 1. The maximum absolute atomic E-state index is 13.0. The molecule has 2 saturated heterocycles.